The van der Waals surface area contributed by atoms with Crippen molar-refractivity contribution in [2.45, 2.75) is 24.8 Å². The van der Waals surface area contributed by atoms with Crippen LogP contribution in [-0.4, -0.2) is 30.5 Å². The molecule has 1 aromatic heterocycles. The van der Waals surface area contributed by atoms with Gasteiger partial charge in [-0.3, -0.25) is 0 Å². The molecule has 0 atom stereocenters. The molecule has 1 aliphatic rings. The Kier molecular flexibility index (Phi) is 4.10. The number of hydrogen-bond acceptors (Lipinski definition) is 5. The van der Waals surface area contributed by atoms with Gasteiger partial charge in [-0.05, 0) is 18.4 Å². The first-order valence-corrected chi connectivity index (χ1v) is 7.75. The Morgan fingerprint density at radius 3 is 2.75 bits per heavy atom. The summed E-state index contributed by atoms with van der Waals surface area (Å²) in [4.78, 5) is 0. The fourth-order valence-electron chi connectivity index (χ4n) is 2.40. The fourth-order valence-corrected chi connectivity index (χ4v) is 3.47. The van der Waals surface area contributed by atoms with E-state index in [2.05, 4.69) is 45.8 Å². The molecule has 106 valence electrons. The molecule has 20 heavy (non-hydrogen) atoms. The standard InChI is InChI=1S/C15H19N3OS/c1-19-10-9-16-11-13-17-18-14(20-13)15(7-8-15)12-5-3-2-4-6-12/h2-6,16H,7-11H2,1H3. The lowest BCUT2D eigenvalue weighted by atomic mass is 9.97. The molecule has 5 heteroatoms. The van der Waals surface area contributed by atoms with E-state index in [-0.39, 0.29) is 5.41 Å². The van der Waals surface area contributed by atoms with E-state index in [9.17, 15) is 0 Å². The summed E-state index contributed by atoms with van der Waals surface area (Å²) in [6.45, 7) is 2.33. The number of ether oxygens (including phenoxy) is 1. The molecule has 0 saturated heterocycles. The van der Waals surface area contributed by atoms with E-state index in [0.717, 1.165) is 29.7 Å². The number of aromatic nitrogens is 2. The van der Waals surface area contributed by atoms with Crippen LogP contribution in [0.1, 0.15) is 28.4 Å². The first-order chi connectivity index (χ1) is 9.85. The summed E-state index contributed by atoms with van der Waals surface area (Å²) in [7, 11) is 1.71. The third-order valence-corrected chi connectivity index (χ3v) is 4.84. The molecule has 1 N–H and O–H groups in total. The highest BCUT2D eigenvalue weighted by Gasteiger charge is 2.48. The van der Waals surface area contributed by atoms with Crippen LogP contribution >= 0.6 is 11.3 Å². The smallest absolute Gasteiger partial charge is 0.131 e. The van der Waals surface area contributed by atoms with Crippen molar-refractivity contribution in [1.82, 2.24) is 15.5 Å². The summed E-state index contributed by atoms with van der Waals surface area (Å²) >= 11 is 1.73. The Morgan fingerprint density at radius 2 is 2.05 bits per heavy atom. The van der Waals surface area contributed by atoms with Crippen molar-refractivity contribution in [2.24, 2.45) is 0 Å². The predicted octanol–water partition coefficient (Wildman–Crippen LogP) is 2.35. The Labute approximate surface area is 123 Å². The number of rotatable bonds is 7. The Hall–Kier alpha value is -1.30. The minimum Gasteiger partial charge on any atom is -0.383 e. The summed E-state index contributed by atoms with van der Waals surface area (Å²) in [6.07, 6.45) is 2.37. The summed E-state index contributed by atoms with van der Waals surface area (Å²) in [5.74, 6) is 0. The molecule has 0 amide bonds. The van der Waals surface area contributed by atoms with Crippen LogP contribution in [0.15, 0.2) is 30.3 Å². The first-order valence-electron chi connectivity index (χ1n) is 6.93. The highest BCUT2D eigenvalue weighted by molar-refractivity contribution is 7.11. The van der Waals surface area contributed by atoms with Gasteiger partial charge in [-0.2, -0.15) is 0 Å². The molecule has 1 heterocycles. The monoisotopic (exact) mass is 289 g/mol. The van der Waals surface area contributed by atoms with Crippen molar-refractivity contribution < 1.29 is 4.74 Å². The zero-order valence-electron chi connectivity index (χ0n) is 11.6. The molecule has 0 bridgehead atoms. The van der Waals surface area contributed by atoms with E-state index in [1.54, 1.807) is 18.4 Å². The van der Waals surface area contributed by atoms with Gasteiger partial charge >= 0.3 is 0 Å². The van der Waals surface area contributed by atoms with Gasteiger partial charge in [-0.25, -0.2) is 0 Å². The fraction of sp³-hybridized carbons (Fsp3) is 0.467. The van der Waals surface area contributed by atoms with Gasteiger partial charge in [0, 0.05) is 25.6 Å². The van der Waals surface area contributed by atoms with Crippen molar-refractivity contribution in [3.63, 3.8) is 0 Å². The van der Waals surface area contributed by atoms with Crippen LogP contribution < -0.4 is 5.32 Å². The zero-order chi connectivity index (χ0) is 13.8. The molecular weight excluding hydrogens is 270 g/mol. The average Bonchev–Trinajstić information content (AvgIpc) is 3.18. The molecule has 1 aromatic carbocycles. The minimum absolute atomic E-state index is 0.143. The lowest BCUT2D eigenvalue weighted by Crippen LogP contribution is -2.18. The molecule has 4 nitrogen and oxygen atoms in total. The third kappa shape index (κ3) is 2.75. The van der Waals surface area contributed by atoms with Gasteiger partial charge in [0.1, 0.15) is 10.0 Å². The largest absolute Gasteiger partial charge is 0.383 e. The van der Waals surface area contributed by atoms with Gasteiger partial charge in [0.05, 0.1) is 6.61 Å². The predicted molar refractivity (Wildman–Crippen MR) is 79.9 cm³/mol. The summed E-state index contributed by atoms with van der Waals surface area (Å²) in [5, 5.41) is 14.3. The van der Waals surface area contributed by atoms with Crippen LogP contribution in [0, 0.1) is 0 Å². The highest BCUT2D eigenvalue weighted by Crippen LogP contribution is 2.54. The summed E-state index contributed by atoms with van der Waals surface area (Å²) < 4.78 is 5.01. The molecule has 0 aliphatic heterocycles. The van der Waals surface area contributed by atoms with E-state index >= 15 is 0 Å². The first kappa shape index (κ1) is 13.7. The molecule has 1 saturated carbocycles. The average molecular weight is 289 g/mol. The maximum absolute atomic E-state index is 5.01. The van der Waals surface area contributed by atoms with Gasteiger partial charge in [0.15, 0.2) is 0 Å². The van der Waals surface area contributed by atoms with Crippen molar-refractivity contribution in [3.05, 3.63) is 45.9 Å². The third-order valence-electron chi connectivity index (χ3n) is 3.71. The molecule has 2 aromatic rings. The topological polar surface area (TPSA) is 47.0 Å². The maximum Gasteiger partial charge on any atom is 0.131 e. The van der Waals surface area contributed by atoms with E-state index in [1.807, 2.05) is 0 Å². The SMILES string of the molecule is COCCNCc1nnc(C2(c3ccccc3)CC2)s1. The molecule has 1 fully saturated rings. The normalized spacial score (nSPS) is 16.2. The van der Waals surface area contributed by atoms with Crippen LogP contribution in [0.25, 0.3) is 0 Å². The molecule has 0 spiro atoms. The zero-order valence-corrected chi connectivity index (χ0v) is 12.4. The van der Waals surface area contributed by atoms with Crippen LogP contribution in [0.3, 0.4) is 0 Å². The molecule has 0 unspecified atom stereocenters. The number of hydrogen-bond donors (Lipinski definition) is 1. The summed E-state index contributed by atoms with van der Waals surface area (Å²) in [5.41, 5.74) is 1.51. The van der Waals surface area contributed by atoms with Crippen molar-refractivity contribution in [2.75, 3.05) is 20.3 Å². The van der Waals surface area contributed by atoms with Crippen molar-refractivity contribution in [1.29, 1.82) is 0 Å². The highest BCUT2D eigenvalue weighted by atomic mass is 32.1. The van der Waals surface area contributed by atoms with Crippen LogP contribution in [-0.2, 0) is 16.7 Å². The summed E-state index contributed by atoms with van der Waals surface area (Å²) in [6, 6.07) is 10.7. The van der Waals surface area contributed by atoms with Gasteiger partial charge in [0.2, 0.25) is 0 Å². The maximum atomic E-state index is 5.01. The van der Waals surface area contributed by atoms with Gasteiger partial charge in [0.25, 0.3) is 0 Å². The van der Waals surface area contributed by atoms with Gasteiger partial charge in [-0.1, -0.05) is 41.7 Å². The second-order valence-corrected chi connectivity index (χ2v) is 6.18. The lowest BCUT2D eigenvalue weighted by Gasteiger charge is -2.11. The molecule has 0 radical (unpaired) electrons. The number of benzene rings is 1. The number of nitrogens with one attached hydrogen (secondary N) is 1. The Balaban J connectivity index is 1.68. The Bertz CT molecular complexity index is 551. The van der Waals surface area contributed by atoms with Crippen molar-refractivity contribution in [3.8, 4) is 0 Å². The number of nitrogens with zero attached hydrogens (tertiary/aromatic N) is 2. The molecular formula is C15H19N3OS. The molecule has 3 rings (SSSR count). The second-order valence-electron chi connectivity index (χ2n) is 5.12. The minimum atomic E-state index is 0.143. The Morgan fingerprint density at radius 1 is 1.25 bits per heavy atom. The quantitative estimate of drug-likeness (QED) is 0.795. The van der Waals surface area contributed by atoms with E-state index in [0.29, 0.717) is 0 Å². The van der Waals surface area contributed by atoms with E-state index < -0.39 is 0 Å². The lowest BCUT2D eigenvalue weighted by molar-refractivity contribution is 0.199. The van der Waals surface area contributed by atoms with Crippen LogP contribution in [0.4, 0.5) is 0 Å². The van der Waals surface area contributed by atoms with Gasteiger partial charge < -0.3 is 10.1 Å². The van der Waals surface area contributed by atoms with E-state index in [1.165, 1.54) is 18.4 Å². The van der Waals surface area contributed by atoms with Crippen molar-refractivity contribution >= 4 is 11.3 Å². The number of methoxy groups -OCH3 is 1. The molecule has 1 aliphatic carbocycles. The van der Waals surface area contributed by atoms with Gasteiger partial charge in [-0.15, -0.1) is 10.2 Å². The van der Waals surface area contributed by atoms with Crippen LogP contribution in [0.5, 0.6) is 0 Å². The van der Waals surface area contributed by atoms with Crippen LogP contribution in [0.2, 0.25) is 0 Å². The second kappa shape index (κ2) is 5.99. The van der Waals surface area contributed by atoms with E-state index in [4.69, 9.17) is 4.74 Å².